The van der Waals surface area contributed by atoms with E-state index in [4.69, 9.17) is 17.5 Å². The first-order valence-corrected chi connectivity index (χ1v) is 15.9. The van der Waals surface area contributed by atoms with Crippen molar-refractivity contribution in [2.45, 2.75) is 52.0 Å². The lowest BCUT2D eigenvalue weighted by Crippen LogP contribution is -2.50. The Labute approximate surface area is 280 Å². The van der Waals surface area contributed by atoms with Crippen LogP contribution in [0.15, 0.2) is 89.8 Å². The summed E-state index contributed by atoms with van der Waals surface area (Å²) in [4.78, 5) is 19.3. The fraction of sp³-hybridized carbons (Fsp3) is 0.294. The highest BCUT2D eigenvalue weighted by Crippen LogP contribution is 2.32. The Balaban J connectivity index is 1.54. The van der Waals surface area contributed by atoms with Crippen LogP contribution in [0.1, 0.15) is 48.2 Å². The monoisotopic (exact) mass is 710 g/mol. The fourth-order valence-corrected chi connectivity index (χ4v) is 5.62. The molecule has 2 N–H and O–H groups in total. The molecule has 3 aromatic carbocycles. The molecule has 0 unspecified atom stereocenters. The molecule has 1 amide bonds. The van der Waals surface area contributed by atoms with Gasteiger partial charge in [0.1, 0.15) is 0 Å². The van der Waals surface area contributed by atoms with Crippen molar-refractivity contribution in [1.82, 2.24) is 19.8 Å². The van der Waals surface area contributed by atoms with Gasteiger partial charge in [0.2, 0.25) is 5.91 Å². The highest BCUT2D eigenvalue weighted by molar-refractivity contribution is 9.10. The lowest BCUT2D eigenvalue weighted by molar-refractivity contribution is -0.138. The highest BCUT2D eigenvalue weighted by atomic mass is 79.9. The van der Waals surface area contributed by atoms with Crippen LogP contribution in [0.2, 0.25) is 0 Å². The highest BCUT2D eigenvalue weighted by Gasteiger charge is 2.34. The van der Waals surface area contributed by atoms with E-state index in [1.54, 1.807) is 35.6 Å². The van der Waals surface area contributed by atoms with E-state index in [-0.39, 0.29) is 42.0 Å². The van der Waals surface area contributed by atoms with Gasteiger partial charge >= 0.3 is 6.18 Å². The number of carbonyl (C=O) groups is 1. The number of carbonyl (C=O) groups excluding carboxylic acids is 1. The van der Waals surface area contributed by atoms with E-state index in [9.17, 15) is 18.0 Å². The second kappa shape index (κ2) is 15.9. The quantitative estimate of drug-likeness (QED) is 0.148. The summed E-state index contributed by atoms with van der Waals surface area (Å²) in [5.74, 6) is -0.255. The van der Waals surface area contributed by atoms with Gasteiger partial charge in [0.15, 0.2) is 5.11 Å². The van der Waals surface area contributed by atoms with Gasteiger partial charge < -0.3 is 20.1 Å². The van der Waals surface area contributed by atoms with Crippen molar-refractivity contribution in [1.29, 1.82) is 5.26 Å². The zero-order valence-corrected chi connectivity index (χ0v) is 27.8. The second-order valence-corrected chi connectivity index (χ2v) is 12.3. The number of nitrogens with zero attached hydrogens (tertiary/aromatic N) is 4. The molecule has 2 atom stereocenters. The van der Waals surface area contributed by atoms with Crippen molar-refractivity contribution in [3.63, 3.8) is 0 Å². The maximum Gasteiger partial charge on any atom is 0.416 e. The largest absolute Gasteiger partial charge is 0.416 e. The third-order valence-electron chi connectivity index (χ3n) is 7.72. The van der Waals surface area contributed by atoms with Gasteiger partial charge in [0.05, 0.1) is 29.9 Å². The predicted octanol–water partition coefficient (Wildman–Crippen LogP) is 7.56. The van der Waals surface area contributed by atoms with Crippen molar-refractivity contribution < 1.29 is 18.0 Å². The van der Waals surface area contributed by atoms with Gasteiger partial charge in [0, 0.05) is 47.7 Å². The van der Waals surface area contributed by atoms with Gasteiger partial charge in [-0.05, 0) is 65.7 Å². The fourth-order valence-electron chi connectivity index (χ4n) is 4.96. The van der Waals surface area contributed by atoms with Gasteiger partial charge in [-0.15, -0.1) is 0 Å². The molecule has 0 saturated heterocycles. The molecule has 0 spiro atoms. The number of hydrogen-bond donors (Lipinski definition) is 2. The second-order valence-electron chi connectivity index (χ2n) is 11.0. The Morgan fingerprint density at radius 3 is 2.54 bits per heavy atom. The van der Waals surface area contributed by atoms with Crippen LogP contribution in [0.4, 0.5) is 18.9 Å². The summed E-state index contributed by atoms with van der Waals surface area (Å²) in [7, 11) is 0. The van der Waals surface area contributed by atoms with Crippen LogP contribution in [-0.4, -0.2) is 38.1 Å². The zero-order valence-electron chi connectivity index (χ0n) is 25.4. The summed E-state index contributed by atoms with van der Waals surface area (Å²) < 4.78 is 44.5. The number of aromatic nitrogens is 2. The van der Waals surface area contributed by atoms with Crippen molar-refractivity contribution in [3.05, 3.63) is 118 Å². The molecule has 4 rings (SSSR count). The van der Waals surface area contributed by atoms with Crippen LogP contribution in [0.5, 0.6) is 0 Å². The molecule has 12 heteroatoms. The number of rotatable bonds is 12. The van der Waals surface area contributed by atoms with Crippen molar-refractivity contribution in [3.8, 4) is 6.07 Å². The summed E-state index contributed by atoms with van der Waals surface area (Å²) in [6.45, 7) is 4.53. The van der Waals surface area contributed by atoms with Crippen molar-refractivity contribution in [2.24, 2.45) is 5.92 Å². The number of imidazole rings is 1. The lowest BCUT2D eigenvalue weighted by atomic mass is 9.97. The number of nitrogens with one attached hydrogen (secondary N) is 2. The van der Waals surface area contributed by atoms with E-state index in [0.717, 1.165) is 22.5 Å². The molecule has 240 valence electrons. The number of alkyl halides is 3. The van der Waals surface area contributed by atoms with Crippen LogP contribution < -0.4 is 10.6 Å². The third kappa shape index (κ3) is 9.64. The number of halogens is 4. The van der Waals surface area contributed by atoms with Crippen LogP contribution in [0.3, 0.4) is 0 Å². The number of amides is 1. The first kappa shape index (κ1) is 34.7. The summed E-state index contributed by atoms with van der Waals surface area (Å²) in [6, 6.07) is 21.6. The summed E-state index contributed by atoms with van der Waals surface area (Å²) >= 11 is 9.19. The Morgan fingerprint density at radius 1 is 1.13 bits per heavy atom. The Bertz CT molecular complexity index is 1690. The Kier molecular flexibility index (Phi) is 12.0. The van der Waals surface area contributed by atoms with Crippen molar-refractivity contribution >= 4 is 44.9 Å². The van der Waals surface area contributed by atoms with Gasteiger partial charge in [0.25, 0.3) is 0 Å². The van der Waals surface area contributed by atoms with Gasteiger partial charge in [-0.3, -0.25) is 4.79 Å². The van der Waals surface area contributed by atoms with Crippen LogP contribution in [0.25, 0.3) is 0 Å². The molecule has 0 aliphatic rings. The van der Waals surface area contributed by atoms with Gasteiger partial charge in [-0.25, -0.2) is 4.98 Å². The number of anilines is 1. The van der Waals surface area contributed by atoms with E-state index in [2.05, 4.69) is 37.6 Å². The van der Waals surface area contributed by atoms with E-state index >= 15 is 0 Å². The molecule has 1 aromatic heterocycles. The normalized spacial score (nSPS) is 12.5. The number of nitriles is 1. The van der Waals surface area contributed by atoms with Gasteiger partial charge in [-0.1, -0.05) is 72.6 Å². The molecule has 1 heterocycles. The van der Waals surface area contributed by atoms with E-state index in [0.29, 0.717) is 23.5 Å². The minimum atomic E-state index is -4.54. The molecule has 0 bridgehead atoms. The predicted molar refractivity (Wildman–Crippen MR) is 180 cm³/mol. The molecule has 0 aliphatic heterocycles. The number of thiocarbonyl (C=S) groups is 1. The van der Waals surface area contributed by atoms with E-state index in [1.165, 1.54) is 12.1 Å². The summed E-state index contributed by atoms with van der Waals surface area (Å²) in [6.07, 6.45) is -0.467. The molecular weight excluding hydrogens is 677 g/mol. The molecule has 46 heavy (non-hydrogen) atoms. The molecule has 0 fully saturated rings. The van der Waals surface area contributed by atoms with E-state index in [1.807, 2.05) is 54.8 Å². The first-order chi connectivity index (χ1) is 22.0. The average Bonchev–Trinajstić information content (AvgIpc) is 3.45. The average molecular weight is 712 g/mol. The minimum absolute atomic E-state index is 0.0125. The Hall–Kier alpha value is -4.21. The van der Waals surface area contributed by atoms with Crippen LogP contribution >= 0.6 is 28.1 Å². The van der Waals surface area contributed by atoms with E-state index < -0.39 is 17.8 Å². The Morgan fingerprint density at radius 2 is 1.87 bits per heavy atom. The van der Waals surface area contributed by atoms with Gasteiger partial charge in [-0.2, -0.15) is 18.4 Å². The minimum Gasteiger partial charge on any atom is -0.351 e. The molecule has 0 radical (unpaired) electrons. The first-order valence-electron chi connectivity index (χ1n) is 14.7. The summed E-state index contributed by atoms with van der Waals surface area (Å²) in [5, 5.41) is 15.6. The third-order valence-corrected chi connectivity index (χ3v) is 8.57. The molecule has 4 aromatic rings. The standard InChI is InChI=1S/C34H34BrF3N6OS/c1-3-23(2)31(42-32(45)16-29-18-40-22-44(29)19-25-13-11-24(17-39)12-14-25)21-43(33(46)41-28-9-6-8-27(35)15-28)20-26-7-4-5-10-30(26)34(36,37)38/h4-15,18,22-23,31H,3,16,19-21H2,1-2H3,(H,41,46)(H,42,45)/t23-,31+/m0/s1. The smallest absolute Gasteiger partial charge is 0.351 e. The summed E-state index contributed by atoms with van der Waals surface area (Å²) in [5.41, 5.74) is 2.24. The molecule has 0 aliphatic carbocycles. The molecular formula is C34H34BrF3N6OS. The topological polar surface area (TPSA) is 86.0 Å². The molecule has 0 saturated carbocycles. The molecule has 7 nitrogen and oxygen atoms in total. The number of hydrogen-bond acceptors (Lipinski definition) is 4. The maximum atomic E-state index is 13.9. The van der Waals surface area contributed by atoms with Crippen molar-refractivity contribution in [2.75, 3.05) is 11.9 Å². The zero-order chi connectivity index (χ0) is 33.3. The van der Waals surface area contributed by atoms with Crippen LogP contribution in [-0.2, 0) is 30.5 Å². The van der Waals surface area contributed by atoms with Crippen LogP contribution in [0, 0.1) is 17.2 Å². The lowest BCUT2D eigenvalue weighted by Gasteiger charge is -2.34. The SMILES string of the molecule is CC[C@H](C)[C@@H](CN(Cc1ccccc1C(F)(F)F)C(=S)Nc1cccc(Br)c1)NC(=O)Cc1cncn1Cc1ccc(C#N)cc1. The number of benzene rings is 3. The maximum absolute atomic E-state index is 13.9.